The fourth-order valence-corrected chi connectivity index (χ4v) is 2.17. The zero-order valence-corrected chi connectivity index (χ0v) is 10.3. The molecule has 0 saturated carbocycles. The molecule has 0 saturated heterocycles. The van der Waals surface area contributed by atoms with Crippen LogP contribution in [0.5, 0.6) is 0 Å². The van der Waals surface area contributed by atoms with Crippen LogP contribution in [0.3, 0.4) is 0 Å². The molecule has 1 amide bonds. The van der Waals surface area contributed by atoms with Gasteiger partial charge in [0.25, 0.3) is 5.91 Å². The van der Waals surface area contributed by atoms with Crippen LogP contribution in [-0.2, 0) is 17.8 Å². The maximum absolute atomic E-state index is 11.7. The molecule has 1 aromatic carbocycles. The molecule has 3 rings (SSSR count). The zero-order chi connectivity index (χ0) is 13.1. The van der Waals surface area contributed by atoms with Gasteiger partial charge in [0, 0.05) is 19.0 Å². The van der Waals surface area contributed by atoms with E-state index in [1.165, 1.54) is 23.4 Å². The van der Waals surface area contributed by atoms with Crippen LogP contribution in [0.4, 0.5) is 0 Å². The van der Waals surface area contributed by atoms with Crippen molar-refractivity contribution in [3.63, 3.8) is 0 Å². The lowest BCUT2D eigenvalue weighted by Crippen LogP contribution is -2.36. The molecule has 0 fully saturated rings. The number of ether oxygens (including phenoxy) is 1. The van der Waals surface area contributed by atoms with E-state index in [4.69, 9.17) is 9.26 Å². The number of aromatic nitrogens is 1. The molecule has 1 N–H and O–H groups in total. The minimum absolute atomic E-state index is 0.00164. The summed E-state index contributed by atoms with van der Waals surface area (Å²) in [5.74, 6) is -0.0452. The van der Waals surface area contributed by atoms with Crippen LogP contribution in [0, 0.1) is 0 Å². The van der Waals surface area contributed by atoms with Crippen LogP contribution < -0.4 is 5.32 Å². The van der Waals surface area contributed by atoms with Crippen LogP contribution in [0.1, 0.15) is 21.7 Å². The van der Waals surface area contributed by atoms with Crippen LogP contribution in [0.25, 0.3) is 0 Å². The molecule has 2 aromatic rings. The average molecular weight is 258 g/mol. The molecule has 19 heavy (non-hydrogen) atoms. The summed E-state index contributed by atoms with van der Waals surface area (Å²) in [6.45, 7) is 1.06. The van der Waals surface area contributed by atoms with Crippen LogP contribution in [0.2, 0.25) is 0 Å². The first-order chi connectivity index (χ1) is 9.33. The first-order valence-corrected chi connectivity index (χ1v) is 6.20. The number of rotatable bonds is 3. The van der Waals surface area contributed by atoms with Crippen molar-refractivity contribution in [2.24, 2.45) is 0 Å². The van der Waals surface area contributed by atoms with E-state index in [0.717, 1.165) is 6.42 Å². The predicted molar refractivity (Wildman–Crippen MR) is 67.6 cm³/mol. The van der Waals surface area contributed by atoms with Gasteiger partial charge in [-0.25, -0.2) is 0 Å². The summed E-state index contributed by atoms with van der Waals surface area (Å²) < 4.78 is 10.5. The van der Waals surface area contributed by atoms with Crippen molar-refractivity contribution in [2.45, 2.75) is 19.1 Å². The molecule has 0 radical (unpaired) electrons. The molecule has 0 bridgehead atoms. The highest BCUT2D eigenvalue weighted by Crippen LogP contribution is 2.19. The Kier molecular flexibility index (Phi) is 3.29. The van der Waals surface area contributed by atoms with Crippen molar-refractivity contribution in [2.75, 3.05) is 6.54 Å². The van der Waals surface area contributed by atoms with Gasteiger partial charge in [0.05, 0.1) is 18.9 Å². The first-order valence-electron chi connectivity index (χ1n) is 6.20. The molecule has 1 atom stereocenters. The molecule has 1 aromatic heterocycles. The SMILES string of the molecule is O=C(NC[C@H]1Cc2ccccc2CO1)c1ccno1. The molecular weight excluding hydrogens is 244 g/mol. The second-order valence-electron chi connectivity index (χ2n) is 4.49. The molecule has 1 aliphatic heterocycles. The Morgan fingerprint density at radius 3 is 2.95 bits per heavy atom. The van der Waals surface area contributed by atoms with Crippen LogP contribution >= 0.6 is 0 Å². The number of hydrogen-bond acceptors (Lipinski definition) is 4. The van der Waals surface area contributed by atoms with Gasteiger partial charge in [-0.3, -0.25) is 4.79 Å². The van der Waals surface area contributed by atoms with Crippen molar-refractivity contribution in [3.8, 4) is 0 Å². The second-order valence-corrected chi connectivity index (χ2v) is 4.49. The van der Waals surface area contributed by atoms with Crippen LogP contribution in [-0.4, -0.2) is 23.7 Å². The van der Waals surface area contributed by atoms with Gasteiger partial charge in [-0.1, -0.05) is 29.4 Å². The van der Waals surface area contributed by atoms with Gasteiger partial charge in [0.2, 0.25) is 5.76 Å². The molecule has 5 nitrogen and oxygen atoms in total. The van der Waals surface area contributed by atoms with E-state index < -0.39 is 0 Å². The van der Waals surface area contributed by atoms with E-state index in [1.807, 2.05) is 12.1 Å². The minimum Gasteiger partial charge on any atom is -0.371 e. The van der Waals surface area contributed by atoms with E-state index >= 15 is 0 Å². The summed E-state index contributed by atoms with van der Waals surface area (Å²) in [6.07, 6.45) is 2.26. The molecule has 0 unspecified atom stereocenters. The molecule has 5 heteroatoms. The summed E-state index contributed by atoms with van der Waals surface area (Å²) in [4.78, 5) is 11.7. The number of nitrogens with one attached hydrogen (secondary N) is 1. The van der Waals surface area contributed by atoms with Gasteiger partial charge < -0.3 is 14.6 Å². The molecule has 1 aliphatic rings. The highest BCUT2D eigenvalue weighted by atomic mass is 16.5. The third kappa shape index (κ3) is 2.66. The smallest absolute Gasteiger partial charge is 0.289 e. The number of carbonyl (C=O) groups is 1. The molecule has 98 valence electrons. The van der Waals surface area contributed by atoms with Crippen molar-refractivity contribution in [1.29, 1.82) is 0 Å². The Bertz CT molecular complexity index is 566. The number of amides is 1. The minimum atomic E-state index is -0.264. The van der Waals surface area contributed by atoms with Gasteiger partial charge in [-0.2, -0.15) is 0 Å². The van der Waals surface area contributed by atoms with E-state index in [1.54, 1.807) is 0 Å². The summed E-state index contributed by atoms with van der Waals surface area (Å²) >= 11 is 0. The molecule has 0 spiro atoms. The quantitative estimate of drug-likeness (QED) is 0.907. The summed E-state index contributed by atoms with van der Waals surface area (Å²) in [7, 11) is 0. The van der Waals surface area contributed by atoms with Gasteiger partial charge in [0.15, 0.2) is 0 Å². The van der Waals surface area contributed by atoms with Crippen molar-refractivity contribution < 1.29 is 14.1 Å². The van der Waals surface area contributed by atoms with Crippen molar-refractivity contribution in [1.82, 2.24) is 10.5 Å². The third-order valence-electron chi connectivity index (χ3n) is 3.19. The first kappa shape index (κ1) is 11.9. The van der Waals surface area contributed by atoms with E-state index in [9.17, 15) is 4.79 Å². The van der Waals surface area contributed by atoms with E-state index in [0.29, 0.717) is 13.2 Å². The van der Waals surface area contributed by atoms with Gasteiger partial charge in [-0.15, -0.1) is 0 Å². The summed E-state index contributed by atoms with van der Waals surface area (Å²) in [6, 6.07) is 9.73. The number of nitrogens with zero attached hydrogens (tertiary/aromatic N) is 1. The van der Waals surface area contributed by atoms with Gasteiger partial charge in [0.1, 0.15) is 0 Å². The third-order valence-corrected chi connectivity index (χ3v) is 3.19. The van der Waals surface area contributed by atoms with Gasteiger partial charge in [-0.05, 0) is 11.1 Å². The molecule has 0 aliphatic carbocycles. The van der Waals surface area contributed by atoms with Crippen molar-refractivity contribution in [3.05, 3.63) is 53.4 Å². The molecular formula is C14H14N2O3. The number of benzene rings is 1. The number of hydrogen-bond donors (Lipinski definition) is 1. The fourth-order valence-electron chi connectivity index (χ4n) is 2.17. The lowest BCUT2D eigenvalue weighted by molar-refractivity contribution is 0.0281. The van der Waals surface area contributed by atoms with Crippen LogP contribution in [0.15, 0.2) is 41.1 Å². The Labute approximate surface area is 110 Å². The monoisotopic (exact) mass is 258 g/mol. The van der Waals surface area contributed by atoms with Gasteiger partial charge >= 0.3 is 0 Å². The maximum Gasteiger partial charge on any atom is 0.289 e. The molecule has 2 heterocycles. The average Bonchev–Trinajstić information content (AvgIpc) is 2.99. The Morgan fingerprint density at radius 2 is 2.16 bits per heavy atom. The number of carbonyl (C=O) groups excluding carboxylic acids is 1. The Balaban J connectivity index is 1.57. The zero-order valence-electron chi connectivity index (χ0n) is 10.3. The largest absolute Gasteiger partial charge is 0.371 e. The van der Waals surface area contributed by atoms with E-state index in [2.05, 4.69) is 22.6 Å². The summed E-state index contributed by atoms with van der Waals surface area (Å²) in [5.41, 5.74) is 2.51. The topological polar surface area (TPSA) is 64.4 Å². The lowest BCUT2D eigenvalue weighted by atomic mass is 9.99. The lowest BCUT2D eigenvalue weighted by Gasteiger charge is -2.25. The highest BCUT2D eigenvalue weighted by Gasteiger charge is 2.20. The van der Waals surface area contributed by atoms with E-state index in [-0.39, 0.29) is 17.8 Å². The van der Waals surface area contributed by atoms with Crippen molar-refractivity contribution >= 4 is 5.91 Å². The highest BCUT2D eigenvalue weighted by molar-refractivity contribution is 5.91. The number of fused-ring (bicyclic) bond motifs is 1. The maximum atomic E-state index is 11.7. The predicted octanol–water partition coefficient (Wildman–Crippen LogP) is 1.55. The normalized spacial score (nSPS) is 17.8. The fraction of sp³-hybridized carbons (Fsp3) is 0.286. The summed E-state index contributed by atoms with van der Waals surface area (Å²) in [5, 5.41) is 6.29. The Morgan fingerprint density at radius 1 is 1.32 bits per heavy atom. The Hall–Kier alpha value is -2.14. The standard InChI is InChI=1S/C14H14N2O3/c17-14(13-5-6-16-19-13)15-8-12-7-10-3-1-2-4-11(10)9-18-12/h1-6,12H,7-9H2,(H,15,17)/t12-/m1/s1. The second kappa shape index (κ2) is 5.24.